The van der Waals surface area contributed by atoms with Crippen molar-refractivity contribution in [3.63, 3.8) is 0 Å². The van der Waals surface area contributed by atoms with E-state index in [1.54, 1.807) is 18.2 Å². The molecule has 2 nitrogen and oxygen atoms in total. The first-order valence-electron chi connectivity index (χ1n) is 5.10. The first-order valence-corrected chi connectivity index (χ1v) is 5.86. The van der Waals surface area contributed by atoms with Gasteiger partial charge in [-0.1, -0.05) is 48.3 Å². The molecular weight excluding hydrogens is 262 g/mol. The summed E-state index contributed by atoms with van der Waals surface area (Å²) >= 11 is 12.0. The minimum Gasteiger partial charge on any atom is -0.220 e. The predicted molar refractivity (Wildman–Crippen MR) is 66.8 cm³/mol. The Kier molecular flexibility index (Phi) is 3.60. The largest absolute Gasteiger partial charge is 0.220 e. The van der Waals surface area contributed by atoms with Crippen LogP contribution in [0.2, 0.25) is 10.3 Å². The lowest BCUT2D eigenvalue weighted by Gasteiger charge is -2.08. The minimum atomic E-state index is -0.399. The van der Waals surface area contributed by atoms with Crippen LogP contribution in [-0.4, -0.2) is 9.97 Å². The fraction of sp³-hybridized carbons (Fsp3) is 0.167. The van der Waals surface area contributed by atoms with Gasteiger partial charge in [-0.05, 0) is 6.07 Å². The second kappa shape index (κ2) is 4.98. The minimum absolute atomic E-state index is 0.173. The van der Waals surface area contributed by atoms with E-state index < -0.39 is 5.82 Å². The van der Waals surface area contributed by atoms with Crippen molar-refractivity contribution in [2.45, 2.75) is 13.3 Å². The van der Waals surface area contributed by atoms with Crippen LogP contribution < -0.4 is 0 Å². The van der Waals surface area contributed by atoms with Gasteiger partial charge in [-0.15, -0.1) is 0 Å². The van der Waals surface area contributed by atoms with Gasteiger partial charge in [-0.25, -0.2) is 14.4 Å². The molecule has 0 spiro atoms. The summed E-state index contributed by atoms with van der Waals surface area (Å²) in [6.07, 6.45) is 0.622. The van der Waals surface area contributed by atoms with E-state index >= 15 is 0 Å². The van der Waals surface area contributed by atoms with E-state index in [2.05, 4.69) is 9.97 Å². The summed E-state index contributed by atoms with van der Waals surface area (Å²) in [4.78, 5) is 8.15. The molecule has 0 bridgehead atoms. The Bertz CT molecular complexity index is 535. The van der Waals surface area contributed by atoms with Gasteiger partial charge in [0.2, 0.25) is 0 Å². The van der Waals surface area contributed by atoms with Gasteiger partial charge in [0, 0.05) is 12.0 Å². The van der Waals surface area contributed by atoms with Gasteiger partial charge in [0.1, 0.15) is 21.9 Å². The first kappa shape index (κ1) is 12.3. The molecule has 2 rings (SSSR count). The van der Waals surface area contributed by atoms with Crippen LogP contribution in [0.25, 0.3) is 11.1 Å². The van der Waals surface area contributed by atoms with Gasteiger partial charge >= 0.3 is 0 Å². The summed E-state index contributed by atoms with van der Waals surface area (Å²) in [5, 5.41) is 0.346. The molecule has 0 radical (unpaired) electrons. The average Bonchev–Trinajstić information content (AvgIpc) is 2.30. The highest BCUT2D eigenvalue weighted by Crippen LogP contribution is 2.33. The Morgan fingerprint density at radius 2 is 1.71 bits per heavy atom. The number of aromatic nitrogens is 2. The quantitative estimate of drug-likeness (QED) is 0.767. The molecule has 1 aromatic carbocycles. The van der Waals surface area contributed by atoms with Crippen LogP contribution in [0.15, 0.2) is 24.3 Å². The van der Waals surface area contributed by atoms with E-state index in [-0.39, 0.29) is 10.3 Å². The number of halogens is 3. The van der Waals surface area contributed by atoms with E-state index in [1.807, 2.05) is 6.92 Å². The number of rotatable bonds is 2. The average molecular weight is 271 g/mol. The zero-order valence-electron chi connectivity index (χ0n) is 9.04. The van der Waals surface area contributed by atoms with Gasteiger partial charge in [-0.2, -0.15) is 0 Å². The lowest BCUT2D eigenvalue weighted by atomic mass is 10.1. The molecule has 0 N–H and O–H groups in total. The Morgan fingerprint density at radius 1 is 1.12 bits per heavy atom. The lowest BCUT2D eigenvalue weighted by Crippen LogP contribution is -1.98. The van der Waals surface area contributed by atoms with Crippen LogP contribution in [0.4, 0.5) is 4.39 Å². The molecule has 0 fully saturated rings. The van der Waals surface area contributed by atoms with Crippen molar-refractivity contribution in [3.8, 4) is 11.1 Å². The summed E-state index contributed by atoms with van der Waals surface area (Å²) in [5.74, 6) is 0.143. The molecule has 0 saturated heterocycles. The SMILES string of the molecule is CCc1nc(Cl)c(-c2ccccc2F)c(Cl)n1. The fourth-order valence-electron chi connectivity index (χ4n) is 1.49. The number of aryl methyl sites for hydroxylation is 1. The maximum atomic E-state index is 13.6. The van der Waals surface area contributed by atoms with Crippen molar-refractivity contribution in [2.24, 2.45) is 0 Å². The topological polar surface area (TPSA) is 25.8 Å². The third kappa shape index (κ3) is 2.40. The zero-order valence-corrected chi connectivity index (χ0v) is 10.6. The van der Waals surface area contributed by atoms with Gasteiger partial charge in [0.25, 0.3) is 0 Å². The molecule has 17 heavy (non-hydrogen) atoms. The Hall–Kier alpha value is -1.19. The number of nitrogens with zero attached hydrogens (tertiary/aromatic N) is 2. The second-order valence-electron chi connectivity index (χ2n) is 3.43. The van der Waals surface area contributed by atoms with Crippen LogP contribution in [0, 0.1) is 5.82 Å². The van der Waals surface area contributed by atoms with Crippen LogP contribution in [-0.2, 0) is 6.42 Å². The van der Waals surface area contributed by atoms with Gasteiger partial charge in [-0.3, -0.25) is 0 Å². The van der Waals surface area contributed by atoms with E-state index in [9.17, 15) is 4.39 Å². The molecule has 88 valence electrons. The van der Waals surface area contributed by atoms with Crippen molar-refractivity contribution in [2.75, 3.05) is 0 Å². The van der Waals surface area contributed by atoms with E-state index in [0.29, 0.717) is 23.4 Å². The Balaban J connectivity index is 2.64. The van der Waals surface area contributed by atoms with Crippen molar-refractivity contribution in [1.29, 1.82) is 0 Å². The molecule has 5 heteroatoms. The normalized spacial score (nSPS) is 10.6. The fourth-order valence-corrected chi connectivity index (χ4v) is 2.12. The molecule has 0 saturated carbocycles. The summed E-state index contributed by atoms with van der Waals surface area (Å²) < 4.78 is 13.6. The first-order chi connectivity index (χ1) is 8.13. The highest BCUT2D eigenvalue weighted by Gasteiger charge is 2.15. The summed E-state index contributed by atoms with van der Waals surface area (Å²) in [5.41, 5.74) is 0.647. The molecule has 0 unspecified atom stereocenters. The van der Waals surface area contributed by atoms with Gasteiger partial charge in [0.05, 0.1) is 5.56 Å². The molecule has 0 aliphatic carbocycles. The predicted octanol–water partition coefficient (Wildman–Crippen LogP) is 4.15. The third-order valence-corrected chi connectivity index (χ3v) is 2.87. The molecule has 0 aliphatic heterocycles. The van der Waals surface area contributed by atoms with Crippen molar-refractivity contribution in [1.82, 2.24) is 9.97 Å². The van der Waals surface area contributed by atoms with Crippen molar-refractivity contribution >= 4 is 23.2 Å². The second-order valence-corrected chi connectivity index (χ2v) is 4.15. The molecule has 1 heterocycles. The molecule has 0 aliphatic rings. The Morgan fingerprint density at radius 3 is 2.24 bits per heavy atom. The molecular formula is C12H9Cl2FN2. The monoisotopic (exact) mass is 270 g/mol. The lowest BCUT2D eigenvalue weighted by molar-refractivity contribution is 0.631. The van der Waals surface area contributed by atoms with E-state index in [1.165, 1.54) is 6.07 Å². The standard InChI is InChI=1S/C12H9Cl2FN2/c1-2-9-16-11(13)10(12(14)17-9)7-5-3-4-6-8(7)15/h3-6H,2H2,1H3. The maximum absolute atomic E-state index is 13.6. The highest BCUT2D eigenvalue weighted by molar-refractivity contribution is 6.37. The van der Waals surface area contributed by atoms with E-state index in [0.717, 1.165) is 0 Å². The third-order valence-electron chi connectivity index (χ3n) is 2.33. The molecule has 2 aromatic rings. The zero-order chi connectivity index (χ0) is 12.4. The van der Waals surface area contributed by atoms with Gasteiger partial charge < -0.3 is 0 Å². The summed E-state index contributed by atoms with van der Waals surface area (Å²) in [7, 11) is 0. The number of hydrogen-bond donors (Lipinski definition) is 0. The highest BCUT2D eigenvalue weighted by atomic mass is 35.5. The summed E-state index contributed by atoms with van der Waals surface area (Å²) in [6.45, 7) is 1.89. The van der Waals surface area contributed by atoms with Crippen LogP contribution >= 0.6 is 23.2 Å². The van der Waals surface area contributed by atoms with Crippen molar-refractivity contribution < 1.29 is 4.39 Å². The van der Waals surface area contributed by atoms with Crippen LogP contribution in [0.1, 0.15) is 12.7 Å². The van der Waals surface area contributed by atoms with Crippen molar-refractivity contribution in [3.05, 3.63) is 46.2 Å². The van der Waals surface area contributed by atoms with Crippen LogP contribution in [0.3, 0.4) is 0 Å². The number of benzene rings is 1. The van der Waals surface area contributed by atoms with E-state index in [4.69, 9.17) is 23.2 Å². The Labute approximate surface area is 108 Å². The molecule has 0 atom stereocenters. The van der Waals surface area contributed by atoms with Gasteiger partial charge in [0.15, 0.2) is 0 Å². The summed E-state index contributed by atoms with van der Waals surface area (Å²) in [6, 6.07) is 6.24. The smallest absolute Gasteiger partial charge is 0.142 e. The molecule has 1 aromatic heterocycles. The number of hydrogen-bond acceptors (Lipinski definition) is 2. The molecule has 0 amide bonds. The van der Waals surface area contributed by atoms with Crippen LogP contribution in [0.5, 0.6) is 0 Å². The maximum Gasteiger partial charge on any atom is 0.142 e.